The molecule has 4 heteroatoms. The summed E-state index contributed by atoms with van der Waals surface area (Å²) in [4.78, 5) is 2.04. The van der Waals surface area contributed by atoms with Gasteiger partial charge >= 0.3 is 0 Å². The van der Waals surface area contributed by atoms with E-state index < -0.39 is 0 Å². The van der Waals surface area contributed by atoms with Crippen LogP contribution in [-0.4, -0.2) is 30.8 Å². The third-order valence-electron chi connectivity index (χ3n) is 2.70. The van der Waals surface area contributed by atoms with E-state index in [-0.39, 0.29) is 12.1 Å². The topological polar surface area (TPSA) is 35.5 Å². The maximum absolute atomic E-state index is 9.02. The van der Waals surface area contributed by atoms with Gasteiger partial charge in [0, 0.05) is 36.4 Å². The quantitative estimate of drug-likeness (QED) is 0.864. The lowest BCUT2D eigenvalue weighted by Gasteiger charge is -2.25. The Morgan fingerprint density at radius 2 is 2.00 bits per heavy atom. The van der Waals surface area contributed by atoms with Crippen molar-refractivity contribution in [1.29, 1.82) is 0 Å². The molecule has 102 valence electrons. The predicted molar refractivity (Wildman–Crippen MR) is 78.4 cm³/mol. The molecule has 0 aliphatic rings. The average Bonchev–Trinajstić information content (AvgIpc) is 2.25. The molecule has 0 aromatic heterocycles. The number of rotatable bonds is 5. The summed E-state index contributed by atoms with van der Waals surface area (Å²) in [5.41, 5.74) is 2.31. The van der Waals surface area contributed by atoms with E-state index in [1.165, 1.54) is 0 Å². The molecule has 1 aromatic carbocycles. The van der Waals surface area contributed by atoms with E-state index in [1.807, 2.05) is 30.1 Å². The van der Waals surface area contributed by atoms with Crippen LogP contribution in [0.3, 0.4) is 0 Å². The van der Waals surface area contributed by atoms with Gasteiger partial charge in [0.05, 0.1) is 6.61 Å². The van der Waals surface area contributed by atoms with Crippen molar-refractivity contribution in [3.63, 3.8) is 0 Å². The van der Waals surface area contributed by atoms with Crippen molar-refractivity contribution in [3.05, 3.63) is 28.8 Å². The van der Waals surface area contributed by atoms with Gasteiger partial charge < -0.3 is 15.3 Å². The summed E-state index contributed by atoms with van der Waals surface area (Å²) < 4.78 is 0. The fraction of sp³-hybridized carbons (Fsp3) is 0.571. The average molecular weight is 271 g/mol. The molecule has 0 radical (unpaired) electrons. The van der Waals surface area contributed by atoms with Crippen LogP contribution in [0.5, 0.6) is 0 Å². The summed E-state index contributed by atoms with van der Waals surface area (Å²) >= 11 is 6.05. The van der Waals surface area contributed by atoms with Gasteiger partial charge in [0.15, 0.2) is 0 Å². The van der Waals surface area contributed by atoms with Crippen molar-refractivity contribution in [3.8, 4) is 0 Å². The van der Waals surface area contributed by atoms with Gasteiger partial charge in [-0.05, 0) is 44.5 Å². The number of hydrogen-bond acceptors (Lipinski definition) is 3. The summed E-state index contributed by atoms with van der Waals surface area (Å²) in [6.45, 7) is 7.92. The molecule has 3 nitrogen and oxygen atoms in total. The normalized spacial score (nSPS) is 11.7. The number of hydrogen-bond donors (Lipinski definition) is 2. The van der Waals surface area contributed by atoms with E-state index in [0.717, 1.165) is 22.8 Å². The molecule has 2 N–H and O–H groups in total. The summed E-state index contributed by atoms with van der Waals surface area (Å²) in [5, 5.41) is 13.2. The Morgan fingerprint density at radius 1 is 1.33 bits per heavy atom. The van der Waals surface area contributed by atoms with Gasteiger partial charge in [0.2, 0.25) is 0 Å². The molecule has 0 fully saturated rings. The molecule has 0 unspecified atom stereocenters. The standard InChI is InChI=1S/C14H23ClN2O/c1-14(2,3)16-10-11-9-12(15)5-6-13(11)17(4)7-8-18/h5-6,9,16,18H,7-8,10H2,1-4H3. The van der Waals surface area contributed by atoms with Crippen LogP contribution in [0.15, 0.2) is 18.2 Å². The monoisotopic (exact) mass is 270 g/mol. The van der Waals surface area contributed by atoms with Crippen LogP contribution in [0.4, 0.5) is 5.69 Å². The third-order valence-corrected chi connectivity index (χ3v) is 2.93. The first kappa shape index (κ1) is 15.3. The van der Waals surface area contributed by atoms with Gasteiger partial charge in [0.1, 0.15) is 0 Å². The first-order chi connectivity index (χ1) is 8.33. The number of anilines is 1. The van der Waals surface area contributed by atoms with Gasteiger partial charge in [-0.2, -0.15) is 0 Å². The van der Waals surface area contributed by atoms with E-state index in [0.29, 0.717) is 6.54 Å². The minimum absolute atomic E-state index is 0.0646. The van der Waals surface area contributed by atoms with Gasteiger partial charge in [-0.25, -0.2) is 0 Å². The summed E-state index contributed by atoms with van der Waals surface area (Å²) in [7, 11) is 1.97. The number of halogens is 1. The fourth-order valence-electron chi connectivity index (χ4n) is 1.70. The number of aliphatic hydroxyl groups excluding tert-OH is 1. The Labute approximate surface area is 115 Å². The maximum atomic E-state index is 9.02. The van der Waals surface area contributed by atoms with E-state index in [9.17, 15) is 0 Å². The zero-order valence-electron chi connectivity index (χ0n) is 11.6. The molecule has 0 spiro atoms. The fourth-order valence-corrected chi connectivity index (χ4v) is 1.89. The SMILES string of the molecule is CN(CCO)c1ccc(Cl)cc1CNC(C)(C)C. The zero-order chi connectivity index (χ0) is 13.8. The Kier molecular flexibility index (Phi) is 5.45. The highest BCUT2D eigenvalue weighted by atomic mass is 35.5. The highest BCUT2D eigenvalue weighted by molar-refractivity contribution is 6.30. The Balaban J connectivity index is 2.89. The van der Waals surface area contributed by atoms with Crippen molar-refractivity contribution in [1.82, 2.24) is 5.32 Å². The molecular formula is C14H23ClN2O. The second-order valence-electron chi connectivity index (χ2n) is 5.52. The molecule has 0 saturated heterocycles. The van der Waals surface area contributed by atoms with E-state index in [2.05, 4.69) is 26.1 Å². The lowest BCUT2D eigenvalue weighted by Crippen LogP contribution is -2.35. The van der Waals surface area contributed by atoms with Gasteiger partial charge in [-0.3, -0.25) is 0 Å². The lowest BCUT2D eigenvalue weighted by molar-refractivity contribution is 0.304. The van der Waals surface area contributed by atoms with Crippen molar-refractivity contribution in [2.45, 2.75) is 32.9 Å². The zero-order valence-corrected chi connectivity index (χ0v) is 12.4. The molecule has 0 bridgehead atoms. The van der Waals surface area contributed by atoms with Crippen molar-refractivity contribution in [2.24, 2.45) is 0 Å². The Hall–Kier alpha value is -0.770. The molecule has 0 aliphatic carbocycles. The predicted octanol–water partition coefficient (Wildman–Crippen LogP) is 2.66. The van der Waals surface area contributed by atoms with Crippen molar-refractivity contribution >= 4 is 17.3 Å². The number of likely N-dealkylation sites (N-methyl/N-ethyl adjacent to an activating group) is 1. The number of nitrogens with one attached hydrogen (secondary N) is 1. The van der Waals surface area contributed by atoms with E-state index in [4.69, 9.17) is 16.7 Å². The largest absolute Gasteiger partial charge is 0.395 e. The van der Waals surface area contributed by atoms with Crippen LogP contribution in [0.25, 0.3) is 0 Å². The molecule has 0 saturated carbocycles. The van der Waals surface area contributed by atoms with Gasteiger partial charge in [-0.1, -0.05) is 11.6 Å². The second kappa shape index (κ2) is 6.41. The Morgan fingerprint density at radius 3 is 2.56 bits per heavy atom. The molecule has 1 aromatic rings. The summed E-state index contributed by atoms with van der Waals surface area (Å²) in [5.74, 6) is 0. The molecule has 0 aliphatic heterocycles. The van der Waals surface area contributed by atoms with Crippen LogP contribution in [0.2, 0.25) is 5.02 Å². The smallest absolute Gasteiger partial charge is 0.0606 e. The first-order valence-corrected chi connectivity index (χ1v) is 6.57. The minimum atomic E-state index is 0.0646. The van der Waals surface area contributed by atoms with Crippen LogP contribution >= 0.6 is 11.6 Å². The van der Waals surface area contributed by atoms with Crippen LogP contribution in [-0.2, 0) is 6.54 Å². The van der Waals surface area contributed by atoms with E-state index in [1.54, 1.807) is 0 Å². The molecule has 0 amide bonds. The maximum Gasteiger partial charge on any atom is 0.0606 e. The molecule has 0 atom stereocenters. The van der Waals surface area contributed by atoms with Crippen LogP contribution < -0.4 is 10.2 Å². The second-order valence-corrected chi connectivity index (χ2v) is 5.96. The minimum Gasteiger partial charge on any atom is -0.395 e. The summed E-state index contributed by atoms with van der Waals surface area (Å²) in [6, 6.07) is 5.85. The van der Waals surface area contributed by atoms with Crippen LogP contribution in [0.1, 0.15) is 26.3 Å². The Bertz CT molecular complexity index is 388. The molecule has 1 rings (SSSR count). The first-order valence-electron chi connectivity index (χ1n) is 6.19. The van der Waals surface area contributed by atoms with E-state index >= 15 is 0 Å². The lowest BCUT2D eigenvalue weighted by atomic mass is 10.1. The number of nitrogens with zero attached hydrogens (tertiary/aromatic N) is 1. The van der Waals surface area contributed by atoms with Gasteiger partial charge in [0.25, 0.3) is 0 Å². The number of aliphatic hydroxyl groups is 1. The highest BCUT2D eigenvalue weighted by Crippen LogP contribution is 2.24. The number of benzene rings is 1. The molecular weight excluding hydrogens is 248 g/mol. The van der Waals surface area contributed by atoms with Crippen molar-refractivity contribution in [2.75, 3.05) is 25.1 Å². The van der Waals surface area contributed by atoms with Crippen LogP contribution in [0, 0.1) is 0 Å². The van der Waals surface area contributed by atoms with Gasteiger partial charge in [-0.15, -0.1) is 0 Å². The third kappa shape index (κ3) is 4.84. The highest BCUT2D eigenvalue weighted by Gasteiger charge is 2.12. The van der Waals surface area contributed by atoms with Crippen molar-refractivity contribution < 1.29 is 5.11 Å². The summed E-state index contributed by atoms with van der Waals surface area (Å²) in [6.07, 6.45) is 0. The molecule has 0 heterocycles. The molecule has 18 heavy (non-hydrogen) atoms.